The molecular weight excluding hydrogens is 382 g/mol. The second-order valence-electron chi connectivity index (χ2n) is 7.56. The number of aryl methyl sites for hydroxylation is 1. The number of carbonyl (C=O) groups is 1. The van der Waals surface area contributed by atoms with Crippen molar-refractivity contribution in [2.24, 2.45) is 7.05 Å². The predicted octanol–water partition coefficient (Wildman–Crippen LogP) is 2.84. The van der Waals surface area contributed by atoms with E-state index in [9.17, 15) is 4.79 Å². The lowest BCUT2D eigenvalue weighted by Crippen LogP contribution is -2.43. The third-order valence-corrected chi connectivity index (χ3v) is 5.47. The molecule has 0 aliphatic carbocycles. The Morgan fingerprint density at radius 2 is 2.03 bits per heavy atom. The molecular formula is C23H23N3O4. The summed E-state index contributed by atoms with van der Waals surface area (Å²) in [6, 6.07) is 13.2. The van der Waals surface area contributed by atoms with Gasteiger partial charge in [0, 0.05) is 31.4 Å². The van der Waals surface area contributed by atoms with Crippen molar-refractivity contribution in [3.8, 4) is 17.2 Å². The van der Waals surface area contributed by atoms with Gasteiger partial charge < -0.3 is 23.7 Å². The quantitative estimate of drug-likeness (QED) is 0.653. The molecule has 0 N–H and O–H groups in total. The number of para-hydroxylation sites is 2. The van der Waals surface area contributed by atoms with Crippen molar-refractivity contribution in [1.29, 1.82) is 0 Å². The summed E-state index contributed by atoms with van der Waals surface area (Å²) in [6.45, 7) is 1.83. The molecule has 154 valence electrons. The zero-order valence-electron chi connectivity index (χ0n) is 16.8. The first-order valence-corrected chi connectivity index (χ1v) is 10.1. The van der Waals surface area contributed by atoms with Gasteiger partial charge in [0.15, 0.2) is 17.6 Å². The van der Waals surface area contributed by atoms with E-state index in [0.717, 1.165) is 29.3 Å². The van der Waals surface area contributed by atoms with Crippen molar-refractivity contribution < 1.29 is 19.0 Å². The van der Waals surface area contributed by atoms with Crippen molar-refractivity contribution in [1.82, 2.24) is 14.5 Å². The minimum absolute atomic E-state index is 0.0600. The number of imidazole rings is 1. The van der Waals surface area contributed by atoms with Gasteiger partial charge in [0.25, 0.3) is 5.91 Å². The Bertz CT molecular complexity index is 1080. The predicted molar refractivity (Wildman–Crippen MR) is 110 cm³/mol. The molecule has 2 aromatic carbocycles. The molecule has 1 amide bonds. The molecule has 0 saturated carbocycles. The maximum absolute atomic E-state index is 13.5. The average molecular weight is 405 g/mol. The van der Waals surface area contributed by atoms with Gasteiger partial charge in [-0.3, -0.25) is 4.79 Å². The van der Waals surface area contributed by atoms with Gasteiger partial charge in [-0.25, -0.2) is 4.98 Å². The van der Waals surface area contributed by atoms with E-state index in [1.165, 1.54) is 0 Å². The lowest BCUT2D eigenvalue weighted by molar-refractivity contribution is 0.0436. The van der Waals surface area contributed by atoms with Crippen LogP contribution in [0.15, 0.2) is 54.9 Å². The van der Waals surface area contributed by atoms with Crippen LogP contribution in [-0.2, 0) is 20.0 Å². The number of fused-ring (bicyclic) bond motifs is 2. The largest absolute Gasteiger partial charge is 0.493 e. The van der Waals surface area contributed by atoms with E-state index in [4.69, 9.17) is 14.2 Å². The zero-order valence-corrected chi connectivity index (χ0v) is 16.8. The van der Waals surface area contributed by atoms with E-state index >= 15 is 0 Å². The second-order valence-corrected chi connectivity index (χ2v) is 7.56. The zero-order chi connectivity index (χ0) is 20.5. The summed E-state index contributed by atoms with van der Waals surface area (Å²) in [5.41, 5.74) is 1.72. The number of nitrogens with zero attached hydrogens (tertiary/aromatic N) is 3. The Balaban J connectivity index is 1.39. The van der Waals surface area contributed by atoms with Crippen molar-refractivity contribution in [3.63, 3.8) is 0 Å². The first kappa shape index (κ1) is 18.5. The van der Waals surface area contributed by atoms with Crippen LogP contribution >= 0.6 is 0 Å². The average Bonchev–Trinajstić information content (AvgIpc) is 3.41. The topological polar surface area (TPSA) is 65.8 Å². The number of amides is 1. The van der Waals surface area contributed by atoms with Crippen LogP contribution in [-0.4, -0.2) is 46.2 Å². The van der Waals surface area contributed by atoms with E-state index in [-0.39, 0.29) is 12.0 Å². The van der Waals surface area contributed by atoms with Crippen LogP contribution in [0, 0.1) is 0 Å². The van der Waals surface area contributed by atoms with Crippen LogP contribution < -0.4 is 14.2 Å². The SMILES string of the molecule is Cn1ccnc1CN(CC1COc2ccccc2O1)C(=O)c1ccc2c(c1)CCO2. The minimum Gasteiger partial charge on any atom is -0.493 e. The molecule has 0 bridgehead atoms. The van der Waals surface area contributed by atoms with Gasteiger partial charge in [-0.2, -0.15) is 0 Å². The first-order valence-electron chi connectivity index (χ1n) is 10.1. The Morgan fingerprint density at radius 3 is 2.87 bits per heavy atom. The van der Waals surface area contributed by atoms with Crippen LogP contribution in [0.3, 0.4) is 0 Å². The highest BCUT2D eigenvalue weighted by molar-refractivity contribution is 5.94. The number of carbonyl (C=O) groups excluding carboxylic acids is 1. The fraction of sp³-hybridized carbons (Fsp3) is 0.304. The summed E-state index contributed by atoms with van der Waals surface area (Å²) in [4.78, 5) is 19.6. The van der Waals surface area contributed by atoms with Crippen LogP contribution in [0.4, 0.5) is 0 Å². The van der Waals surface area contributed by atoms with E-state index in [1.54, 1.807) is 11.1 Å². The van der Waals surface area contributed by atoms with E-state index in [1.807, 2.05) is 60.3 Å². The maximum atomic E-state index is 13.5. The Labute approximate surface area is 174 Å². The van der Waals surface area contributed by atoms with Gasteiger partial charge >= 0.3 is 0 Å². The molecule has 3 aromatic rings. The first-order chi connectivity index (χ1) is 14.7. The molecule has 0 spiro atoms. The van der Waals surface area contributed by atoms with Gasteiger partial charge in [-0.05, 0) is 35.9 Å². The normalized spacial score (nSPS) is 16.6. The highest BCUT2D eigenvalue weighted by Gasteiger charge is 2.27. The van der Waals surface area contributed by atoms with Crippen LogP contribution in [0.1, 0.15) is 21.7 Å². The Hall–Kier alpha value is -3.48. The summed E-state index contributed by atoms with van der Waals surface area (Å²) >= 11 is 0. The van der Waals surface area contributed by atoms with E-state index in [0.29, 0.717) is 37.6 Å². The molecule has 0 saturated heterocycles. The highest BCUT2D eigenvalue weighted by atomic mass is 16.6. The smallest absolute Gasteiger partial charge is 0.254 e. The fourth-order valence-corrected chi connectivity index (χ4v) is 3.84. The maximum Gasteiger partial charge on any atom is 0.254 e. The van der Waals surface area contributed by atoms with Gasteiger partial charge in [0.2, 0.25) is 0 Å². The van der Waals surface area contributed by atoms with Gasteiger partial charge in [-0.15, -0.1) is 0 Å². The number of hydrogen-bond donors (Lipinski definition) is 0. The third kappa shape index (κ3) is 3.58. The van der Waals surface area contributed by atoms with Crippen molar-refractivity contribution >= 4 is 5.91 Å². The van der Waals surface area contributed by atoms with Crippen LogP contribution in [0.25, 0.3) is 0 Å². The summed E-state index contributed by atoms with van der Waals surface area (Å²) < 4.78 is 19.4. The summed E-state index contributed by atoms with van der Waals surface area (Å²) in [5, 5.41) is 0. The molecule has 2 aliphatic heterocycles. The van der Waals surface area contributed by atoms with Crippen LogP contribution in [0.5, 0.6) is 17.2 Å². The molecule has 5 rings (SSSR count). The van der Waals surface area contributed by atoms with Gasteiger partial charge in [-0.1, -0.05) is 12.1 Å². The molecule has 1 aromatic heterocycles. The van der Waals surface area contributed by atoms with Crippen LogP contribution in [0.2, 0.25) is 0 Å². The summed E-state index contributed by atoms with van der Waals surface area (Å²) in [7, 11) is 1.92. The second kappa shape index (κ2) is 7.74. The number of hydrogen-bond acceptors (Lipinski definition) is 5. The molecule has 7 heteroatoms. The number of rotatable bonds is 5. The van der Waals surface area contributed by atoms with E-state index in [2.05, 4.69) is 4.98 Å². The molecule has 3 heterocycles. The molecule has 30 heavy (non-hydrogen) atoms. The summed E-state index contributed by atoms with van der Waals surface area (Å²) in [5.74, 6) is 3.05. The molecule has 1 atom stereocenters. The van der Waals surface area contributed by atoms with E-state index < -0.39 is 0 Å². The summed E-state index contributed by atoms with van der Waals surface area (Å²) in [6.07, 6.45) is 4.18. The molecule has 2 aliphatic rings. The standard InChI is InChI=1S/C23H23N3O4/c1-25-10-9-24-22(25)14-26(13-18-15-29-20-4-2-3-5-21(20)30-18)23(27)17-6-7-19-16(12-17)8-11-28-19/h2-7,9-10,12,18H,8,11,13-15H2,1H3. The monoisotopic (exact) mass is 405 g/mol. The number of ether oxygens (including phenoxy) is 3. The lowest BCUT2D eigenvalue weighted by Gasteiger charge is -2.31. The van der Waals surface area contributed by atoms with Gasteiger partial charge in [0.1, 0.15) is 18.2 Å². The van der Waals surface area contributed by atoms with Crippen molar-refractivity contribution in [2.75, 3.05) is 19.8 Å². The fourth-order valence-electron chi connectivity index (χ4n) is 3.84. The lowest BCUT2D eigenvalue weighted by atomic mass is 10.1. The molecule has 0 fully saturated rings. The molecule has 1 unspecified atom stereocenters. The minimum atomic E-state index is -0.262. The Kier molecular flexibility index (Phi) is 4.78. The number of benzene rings is 2. The highest BCUT2D eigenvalue weighted by Crippen LogP contribution is 2.31. The van der Waals surface area contributed by atoms with Gasteiger partial charge in [0.05, 0.1) is 19.7 Å². The Morgan fingerprint density at radius 1 is 1.17 bits per heavy atom. The number of aromatic nitrogens is 2. The molecule has 0 radical (unpaired) electrons. The third-order valence-electron chi connectivity index (χ3n) is 5.47. The molecule has 7 nitrogen and oxygen atoms in total. The van der Waals surface area contributed by atoms with Crippen molar-refractivity contribution in [2.45, 2.75) is 19.1 Å². The van der Waals surface area contributed by atoms with Crippen molar-refractivity contribution in [3.05, 3.63) is 71.8 Å².